The maximum atomic E-state index is 9.16. The number of ether oxygens (including phenoxy) is 2. The van der Waals surface area contributed by atoms with Gasteiger partial charge in [-0.2, -0.15) is 0 Å². The minimum absolute atomic E-state index is 0.445. The Morgan fingerprint density at radius 2 is 2.16 bits per heavy atom. The molecular formula is C14H22N2O3. The average Bonchev–Trinajstić information content (AvgIpc) is 2.40. The number of nitrogens with zero attached hydrogens (tertiary/aromatic N) is 1. The van der Waals surface area contributed by atoms with Gasteiger partial charge in [0.05, 0.1) is 13.2 Å². The summed E-state index contributed by atoms with van der Waals surface area (Å²) in [6, 6.07) is 7.70. The van der Waals surface area contributed by atoms with Gasteiger partial charge in [-0.3, -0.25) is 4.90 Å². The number of hydrogen-bond donors (Lipinski definition) is 2. The Bertz CT molecular complexity index is 379. The van der Waals surface area contributed by atoms with E-state index in [4.69, 9.17) is 20.3 Å². The van der Waals surface area contributed by atoms with Gasteiger partial charge in [-0.1, -0.05) is 12.1 Å². The molecule has 1 heterocycles. The summed E-state index contributed by atoms with van der Waals surface area (Å²) in [7, 11) is 0. The molecule has 0 saturated carbocycles. The lowest BCUT2D eigenvalue weighted by atomic mass is 10.1. The van der Waals surface area contributed by atoms with E-state index in [1.807, 2.05) is 24.3 Å². The van der Waals surface area contributed by atoms with Crippen molar-refractivity contribution < 1.29 is 14.6 Å². The third-order valence-electron chi connectivity index (χ3n) is 3.12. The Balaban J connectivity index is 1.75. The maximum Gasteiger partial charge on any atom is 0.119 e. The van der Waals surface area contributed by atoms with E-state index in [9.17, 15) is 0 Å². The zero-order chi connectivity index (χ0) is 13.5. The lowest BCUT2D eigenvalue weighted by Crippen LogP contribution is -2.38. The second-order valence-electron chi connectivity index (χ2n) is 4.72. The normalized spacial score (nSPS) is 18.2. The van der Waals surface area contributed by atoms with Crippen LogP contribution in [0.3, 0.4) is 0 Å². The first-order valence-corrected chi connectivity index (χ1v) is 6.69. The lowest BCUT2D eigenvalue weighted by molar-refractivity contribution is 0.0322. The zero-order valence-electron chi connectivity index (χ0n) is 11.1. The van der Waals surface area contributed by atoms with E-state index < -0.39 is 6.23 Å². The Labute approximate surface area is 113 Å². The molecule has 0 spiro atoms. The van der Waals surface area contributed by atoms with Gasteiger partial charge in [0.15, 0.2) is 0 Å². The Morgan fingerprint density at radius 1 is 1.37 bits per heavy atom. The molecule has 0 radical (unpaired) electrons. The van der Waals surface area contributed by atoms with Crippen molar-refractivity contribution in [3.8, 4) is 5.75 Å². The van der Waals surface area contributed by atoms with Crippen LogP contribution < -0.4 is 10.5 Å². The van der Waals surface area contributed by atoms with Gasteiger partial charge in [0.25, 0.3) is 0 Å². The summed E-state index contributed by atoms with van der Waals surface area (Å²) in [5.74, 6) is 0.825. The van der Waals surface area contributed by atoms with Crippen molar-refractivity contribution in [1.82, 2.24) is 4.90 Å². The Kier molecular flexibility index (Phi) is 5.60. The Morgan fingerprint density at radius 3 is 2.89 bits per heavy atom. The van der Waals surface area contributed by atoms with Gasteiger partial charge in [-0.15, -0.1) is 0 Å². The van der Waals surface area contributed by atoms with Gasteiger partial charge in [-0.05, 0) is 17.7 Å². The summed E-state index contributed by atoms with van der Waals surface area (Å²) in [6.45, 7) is 5.14. The van der Waals surface area contributed by atoms with E-state index >= 15 is 0 Å². The van der Waals surface area contributed by atoms with E-state index in [0.717, 1.165) is 44.2 Å². The Hall–Kier alpha value is -1.14. The minimum atomic E-state index is -0.816. The molecule has 0 bridgehead atoms. The first-order chi connectivity index (χ1) is 9.24. The smallest absolute Gasteiger partial charge is 0.119 e. The van der Waals surface area contributed by atoms with Crippen molar-refractivity contribution in [3.63, 3.8) is 0 Å². The van der Waals surface area contributed by atoms with Crippen LogP contribution in [0.4, 0.5) is 0 Å². The standard InChI is InChI=1S/C14H22N2O3/c15-14(17)11-12-2-1-3-13(10-12)19-9-6-16-4-7-18-8-5-16/h1-3,10,14,17H,4-9,11,15H2. The van der Waals surface area contributed by atoms with Crippen LogP contribution in [0.15, 0.2) is 24.3 Å². The van der Waals surface area contributed by atoms with Crippen molar-refractivity contribution in [2.75, 3.05) is 39.5 Å². The maximum absolute atomic E-state index is 9.16. The molecule has 5 heteroatoms. The van der Waals surface area contributed by atoms with Gasteiger partial charge < -0.3 is 20.3 Å². The molecular weight excluding hydrogens is 244 g/mol. The van der Waals surface area contributed by atoms with E-state index in [2.05, 4.69) is 4.90 Å². The highest BCUT2D eigenvalue weighted by Gasteiger charge is 2.09. The molecule has 1 saturated heterocycles. The molecule has 1 unspecified atom stereocenters. The molecule has 3 N–H and O–H groups in total. The molecule has 1 fully saturated rings. The summed E-state index contributed by atoms with van der Waals surface area (Å²) in [4.78, 5) is 2.33. The number of rotatable bonds is 6. The van der Waals surface area contributed by atoms with E-state index in [1.54, 1.807) is 0 Å². The molecule has 0 aromatic heterocycles. The predicted octanol–water partition coefficient (Wildman–Crippen LogP) is 0.217. The van der Waals surface area contributed by atoms with Crippen molar-refractivity contribution in [2.45, 2.75) is 12.6 Å². The molecule has 0 aliphatic carbocycles. The fourth-order valence-corrected chi connectivity index (χ4v) is 2.12. The molecule has 1 atom stereocenters. The molecule has 19 heavy (non-hydrogen) atoms. The van der Waals surface area contributed by atoms with Crippen LogP contribution in [0, 0.1) is 0 Å². The van der Waals surface area contributed by atoms with E-state index in [1.165, 1.54) is 0 Å². The summed E-state index contributed by atoms with van der Waals surface area (Å²) >= 11 is 0. The van der Waals surface area contributed by atoms with Gasteiger partial charge in [-0.25, -0.2) is 0 Å². The fraction of sp³-hybridized carbons (Fsp3) is 0.571. The highest BCUT2D eigenvalue weighted by Crippen LogP contribution is 2.14. The van der Waals surface area contributed by atoms with Gasteiger partial charge in [0.2, 0.25) is 0 Å². The number of morpholine rings is 1. The number of nitrogens with two attached hydrogens (primary N) is 1. The topological polar surface area (TPSA) is 68.0 Å². The summed E-state index contributed by atoms with van der Waals surface area (Å²) in [5.41, 5.74) is 6.35. The molecule has 2 rings (SSSR count). The highest BCUT2D eigenvalue weighted by atomic mass is 16.5. The van der Waals surface area contributed by atoms with Gasteiger partial charge >= 0.3 is 0 Å². The minimum Gasteiger partial charge on any atom is -0.492 e. The van der Waals surface area contributed by atoms with Crippen LogP contribution in [0.2, 0.25) is 0 Å². The predicted molar refractivity (Wildman–Crippen MR) is 73.1 cm³/mol. The number of benzene rings is 1. The largest absolute Gasteiger partial charge is 0.492 e. The first-order valence-electron chi connectivity index (χ1n) is 6.69. The van der Waals surface area contributed by atoms with Gasteiger partial charge in [0, 0.05) is 26.1 Å². The number of aliphatic hydroxyl groups is 1. The lowest BCUT2D eigenvalue weighted by Gasteiger charge is -2.26. The molecule has 0 amide bonds. The number of aliphatic hydroxyl groups excluding tert-OH is 1. The monoisotopic (exact) mass is 266 g/mol. The molecule has 1 aliphatic rings. The van der Waals surface area contributed by atoms with Crippen LogP contribution in [0.1, 0.15) is 5.56 Å². The SMILES string of the molecule is NC(O)Cc1cccc(OCCN2CCOCC2)c1. The highest BCUT2D eigenvalue weighted by molar-refractivity contribution is 5.28. The van der Waals surface area contributed by atoms with Crippen LogP contribution in [-0.2, 0) is 11.2 Å². The van der Waals surface area contributed by atoms with Crippen molar-refractivity contribution in [3.05, 3.63) is 29.8 Å². The summed E-state index contributed by atoms with van der Waals surface area (Å²) in [5, 5.41) is 9.16. The second-order valence-corrected chi connectivity index (χ2v) is 4.72. The van der Waals surface area contributed by atoms with Crippen molar-refractivity contribution in [1.29, 1.82) is 0 Å². The van der Waals surface area contributed by atoms with Crippen LogP contribution in [0.5, 0.6) is 5.75 Å². The molecule has 1 aromatic carbocycles. The van der Waals surface area contributed by atoms with Crippen LogP contribution in [0.25, 0.3) is 0 Å². The van der Waals surface area contributed by atoms with Gasteiger partial charge in [0.1, 0.15) is 18.6 Å². The molecule has 1 aliphatic heterocycles. The van der Waals surface area contributed by atoms with Crippen molar-refractivity contribution >= 4 is 0 Å². The molecule has 5 nitrogen and oxygen atoms in total. The first kappa shape index (κ1) is 14.3. The number of hydrogen-bond acceptors (Lipinski definition) is 5. The summed E-state index contributed by atoms with van der Waals surface area (Å²) < 4.78 is 11.0. The zero-order valence-corrected chi connectivity index (χ0v) is 11.1. The van der Waals surface area contributed by atoms with E-state index in [-0.39, 0.29) is 0 Å². The average molecular weight is 266 g/mol. The van der Waals surface area contributed by atoms with Crippen LogP contribution in [-0.4, -0.2) is 55.7 Å². The fourth-order valence-electron chi connectivity index (χ4n) is 2.12. The third-order valence-corrected chi connectivity index (χ3v) is 3.12. The van der Waals surface area contributed by atoms with Crippen LogP contribution >= 0.6 is 0 Å². The molecule has 1 aromatic rings. The summed E-state index contributed by atoms with van der Waals surface area (Å²) in [6.07, 6.45) is -0.371. The third kappa shape index (κ3) is 5.16. The second kappa shape index (κ2) is 7.45. The molecule has 106 valence electrons. The quantitative estimate of drug-likeness (QED) is 0.721. The van der Waals surface area contributed by atoms with E-state index in [0.29, 0.717) is 13.0 Å². The van der Waals surface area contributed by atoms with Crippen molar-refractivity contribution in [2.24, 2.45) is 5.73 Å².